The van der Waals surface area contributed by atoms with Crippen LogP contribution in [0.25, 0.3) is 0 Å². The van der Waals surface area contributed by atoms with E-state index >= 15 is 0 Å². The summed E-state index contributed by atoms with van der Waals surface area (Å²) in [5.41, 5.74) is 0.772. The second kappa shape index (κ2) is 5.18. The predicted molar refractivity (Wildman–Crippen MR) is 43.1 cm³/mol. The molecule has 1 heterocycles. The Hall–Kier alpha value is -0.630. The Balaban J connectivity index is 0.000000371. The van der Waals surface area contributed by atoms with E-state index in [2.05, 4.69) is 10.2 Å². The third-order valence-electron chi connectivity index (χ3n) is 0.841. The molecule has 1 aromatic rings. The summed E-state index contributed by atoms with van der Waals surface area (Å²) in [6.45, 7) is 5.81. The van der Waals surface area contributed by atoms with Crippen molar-refractivity contribution in [3.05, 3.63) is 23.0 Å². The number of hydrogen-bond acceptors (Lipinski definition) is 2. The third kappa shape index (κ3) is 2.78. The van der Waals surface area contributed by atoms with Crippen molar-refractivity contribution in [3.63, 3.8) is 0 Å². The average Bonchev–Trinajstić information content (AvgIpc) is 2.00. The number of aryl methyl sites for hydroxylation is 1. The van der Waals surface area contributed by atoms with Gasteiger partial charge in [0.1, 0.15) is 0 Å². The SMILES string of the molecule is CC.Cc1nnccc1Cl. The molecule has 10 heavy (non-hydrogen) atoms. The van der Waals surface area contributed by atoms with Crippen molar-refractivity contribution in [2.75, 3.05) is 0 Å². The van der Waals surface area contributed by atoms with Crippen LogP contribution in [0.1, 0.15) is 19.5 Å². The van der Waals surface area contributed by atoms with E-state index in [4.69, 9.17) is 11.6 Å². The Morgan fingerprint density at radius 3 is 2.30 bits per heavy atom. The van der Waals surface area contributed by atoms with Gasteiger partial charge in [0.25, 0.3) is 0 Å². The molecule has 3 heteroatoms. The van der Waals surface area contributed by atoms with Gasteiger partial charge in [-0.15, -0.1) is 0 Å². The maximum Gasteiger partial charge on any atom is 0.0786 e. The van der Waals surface area contributed by atoms with Gasteiger partial charge in [-0.1, -0.05) is 25.4 Å². The lowest BCUT2D eigenvalue weighted by Gasteiger charge is -1.88. The third-order valence-corrected chi connectivity index (χ3v) is 1.24. The van der Waals surface area contributed by atoms with Crippen LogP contribution < -0.4 is 0 Å². The highest BCUT2D eigenvalue weighted by molar-refractivity contribution is 6.31. The van der Waals surface area contributed by atoms with Crippen LogP contribution in [0.4, 0.5) is 0 Å². The second-order valence-electron chi connectivity index (χ2n) is 1.46. The van der Waals surface area contributed by atoms with Crippen LogP contribution in [0.3, 0.4) is 0 Å². The zero-order chi connectivity index (χ0) is 7.98. The Morgan fingerprint density at radius 1 is 1.40 bits per heavy atom. The zero-order valence-electron chi connectivity index (χ0n) is 6.43. The summed E-state index contributed by atoms with van der Waals surface area (Å²) in [5, 5.41) is 7.97. The van der Waals surface area contributed by atoms with Crippen molar-refractivity contribution in [1.82, 2.24) is 10.2 Å². The molecule has 0 N–H and O–H groups in total. The molecule has 0 aliphatic heterocycles. The van der Waals surface area contributed by atoms with E-state index in [0.29, 0.717) is 5.02 Å². The normalized spacial score (nSPS) is 8.00. The van der Waals surface area contributed by atoms with Crippen LogP contribution in [-0.4, -0.2) is 10.2 Å². The van der Waals surface area contributed by atoms with Crippen LogP contribution in [-0.2, 0) is 0 Å². The molecule has 0 aliphatic rings. The van der Waals surface area contributed by atoms with Crippen LogP contribution in [0, 0.1) is 6.92 Å². The van der Waals surface area contributed by atoms with E-state index in [9.17, 15) is 0 Å². The van der Waals surface area contributed by atoms with Crippen LogP contribution >= 0.6 is 11.6 Å². The maximum atomic E-state index is 5.61. The molecule has 56 valence electrons. The molecule has 0 fully saturated rings. The summed E-state index contributed by atoms with van der Waals surface area (Å²) >= 11 is 5.61. The molecular weight excluding hydrogens is 148 g/mol. The molecule has 1 aromatic heterocycles. The summed E-state index contributed by atoms with van der Waals surface area (Å²) in [4.78, 5) is 0. The maximum absolute atomic E-state index is 5.61. The summed E-state index contributed by atoms with van der Waals surface area (Å²) < 4.78 is 0. The number of hydrogen-bond donors (Lipinski definition) is 0. The Bertz CT molecular complexity index is 168. The van der Waals surface area contributed by atoms with Gasteiger partial charge in [-0.3, -0.25) is 0 Å². The molecular formula is C7H11ClN2. The zero-order valence-corrected chi connectivity index (χ0v) is 7.18. The van der Waals surface area contributed by atoms with Gasteiger partial charge in [0, 0.05) is 0 Å². The molecule has 0 saturated carbocycles. The molecule has 0 radical (unpaired) electrons. The fourth-order valence-corrected chi connectivity index (χ4v) is 0.481. The fraction of sp³-hybridized carbons (Fsp3) is 0.429. The number of rotatable bonds is 0. The van der Waals surface area contributed by atoms with Crippen molar-refractivity contribution in [2.24, 2.45) is 0 Å². The van der Waals surface area contributed by atoms with Crippen LogP contribution in [0.15, 0.2) is 12.3 Å². The first-order valence-corrected chi connectivity index (χ1v) is 3.62. The molecule has 0 spiro atoms. The Labute approximate surface area is 66.2 Å². The highest BCUT2D eigenvalue weighted by atomic mass is 35.5. The molecule has 0 aliphatic carbocycles. The standard InChI is InChI=1S/C5H5ClN2.C2H6/c1-4-5(6)2-3-7-8-4;1-2/h2-3H,1H3;1-2H3. The van der Waals surface area contributed by atoms with Gasteiger partial charge in [0.2, 0.25) is 0 Å². The van der Waals surface area contributed by atoms with Crippen molar-refractivity contribution in [1.29, 1.82) is 0 Å². The number of halogens is 1. The van der Waals surface area contributed by atoms with E-state index in [0.717, 1.165) is 5.69 Å². The largest absolute Gasteiger partial charge is 0.159 e. The molecule has 0 amide bonds. The minimum atomic E-state index is 0.667. The lowest BCUT2D eigenvalue weighted by Crippen LogP contribution is -1.83. The van der Waals surface area contributed by atoms with Crippen molar-refractivity contribution in [3.8, 4) is 0 Å². The minimum Gasteiger partial charge on any atom is -0.159 e. The highest BCUT2D eigenvalue weighted by Crippen LogP contribution is 2.07. The summed E-state index contributed by atoms with van der Waals surface area (Å²) in [7, 11) is 0. The first-order valence-electron chi connectivity index (χ1n) is 3.24. The summed E-state index contributed by atoms with van der Waals surface area (Å²) in [6, 6.07) is 1.71. The van der Waals surface area contributed by atoms with E-state index in [1.807, 2.05) is 20.8 Å². The molecule has 1 rings (SSSR count). The molecule has 0 bridgehead atoms. The van der Waals surface area contributed by atoms with Gasteiger partial charge in [0.05, 0.1) is 16.9 Å². The van der Waals surface area contributed by atoms with Gasteiger partial charge < -0.3 is 0 Å². The topological polar surface area (TPSA) is 25.8 Å². The first kappa shape index (κ1) is 9.37. The lowest BCUT2D eigenvalue weighted by molar-refractivity contribution is 0.981. The summed E-state index contributed by atoms with van der Waals surface area (Å²) in [6.07, 6.45) is 1.56. The average molecular weight is 159 g/mol. The van der Waals surface area contributed by atoms with Gasteiger partial charge >= 0.3 is 0 Å². The minimum absolute atomic E-state index is 0.667. The van der Waals surface area contributed by atoms with E-state index in [-0.39, 0.29) is 0 Å². The molecule has 2 nitrogen and oxygen atoms in total. The van der Waals surface area contributed by atoms with Crippen LogP contribution in [0.2, 0.25) is 5.02 Å². The van der Waals surface area contributed by atoms with Gasteiger partial charge in [-0.2, -0.15) is 10.2 Å². The quantitative estimate of drug-likeness (QED) is 0.580. The van der Waals surface area contributed by atoms with Gasteiger partial charge in [0.15, 0.2) is 0 Å². The summed E-state index contributed by atoms with van der Waals surface area (Å²) in [5.74, 6) is 0. The van der Waals surface area contributed by atoms with Crippen molar-refractivity contribution < 1.29 is 0 Å². The van der Waals surface area contributed by atoms with E-state index in [1.165, 1.54) is 0 Å². The Kier molecular flexibility index (Phi) is 4.85. The van der Waals surface area contributed by atoms with Gasteiger partial charge in [-0.25, -0.2) is 0 Å². The van der Waals surface area contributed by atoms with Crippen molar-refractivity contribution >= 4 is 11.6 Å². The highest BCUT2D eigenvalue weighted by Gasteiger charge is 1.89. The predicted octanol–water partition coefficient (Wildman–Crippen LogP) is 2.46. The Morgan fingerprint density at radius 2 is 2.00 bits per heavy atom. The fourth-order valence-electron chi connectivity index (χ4n) is 0.387. The smallest absolute Gasteiger partial charge is 0.0786 e. The first-order chi connectivity index (χ1) is 4.80. The van der Waals surface area contributed by atoms with E-state index < -0.39 is 0 Å². The molecule has 0 atom stereocenters. The monoisotopic (exact) mass is 158 g/mol. The van der Waals surface area contributed by atoms with E-state index in [1.54, 1.807) is 12.3 Å². The van der Waals surface area contributed by atoms with Crippen LogP contribution in [0.5, 0.6) is 0 Å². The second-order valence-corrected chi connectivity index (χ2v) is 1.87. The molecule has 0 saturated heterocycles. The number of aromatic nitrogens is 2. The van der Waals surface area contributed by atoms with Gasteiger partial charge in [-0.05, 0) is 13.0 Å². The van der Waals surface area contributed by atoms with Crippen molar-refractivity contribution in [2.45, 2.75) is 20.8 Å². The number of nitrogens with zero attached hydrogens (tertiary/aromatic N) is 2. The lowest BCUT2D eigenvalue weighted by atomic mass is 10.4. The molecule has 0 unspecified atom stereocenters. The molecule has 0 aromatic carbocycles.